The number of hydrogen-bond acceptors (Lipinski definition) is 4. The zero-order valence-electron chi connectivity index (χ0n) is 18.7. The number of hydrogen-bond donors (Lipinski definition) is 2. The van der Waals surface area contributed by atoms with Crippen molar-refractivity contribution in [3.05, 3.63) is 45.5 Å². The molecule has 0 radical (unpaired) electrons. The summed E-state index contributed by atoms with van der Waals surface area (Å²) in [5, 5.41) is 0.0164. The Kier molecular flexibility index (Phi) is 8.04. The largest absolute Gasteiger partial charge is 0.385 e. The number of nitrogen functional groups attached to an aromatic ring is 1. The van der Waals surface area contributed by atoms with E-state index in [9.17, 15) is 13.2 Å². The highest BCUT2D eigenvalue weighted by Crippen LogP contribution is 2.37. The molecule has 1 unspecified atom stereocenters. The van der Waals surface area contributed by atoms with Gasteiger partial charge >= 0.3 is 0 Å². The Bertz CT molecular complexity index is 1130. The summed E-state index contributed by atoms with van der Waals surface area (Å²) >= 11 is 18.3. The van der Waals surface area contributed by atoms with Crippen LogP contribution in [0.2, 0.25) is 15.1 Å². The summed E-state index contributed by atoms with van der Waals surface area (Å²) in [5.41, 5.74) is 5.97. The molecule has 2 heterocycles. The van der Waals surface area contributed by atoms with Crippen molar-refractivity contribution in [1.29, 1.82) is 0 Å². The number of halogens is 3. The SMILES string of the molecule is Nc1cccn1CCC(NS(=O)(=O)c1c(Cl)cc(Cl)cc1Cl)C(=O)N1CC[C@@H]2CCCC[C@H]2C1. The highest BCUT2D eigenvalue weighted by molar-refractivity contribution is 7.89. The van der Waals surface area contributed by atoms with Gasteiger partial charge < -0.3 is 15.2 Å². The molecule has 3 N–H and O–H groups in total. The molecule has 1 saturated carbocycles. The Hall–Kier alpha value is -1.45. The van der Waals surface area contributed by atoms with Gasteiger partial charge in [0.2, 0.25) is 15.9 Å². The Morgan fingerprint density at radius 2 is 1.79 bits per heavy atom. The first-order valence-corrected chi connectivity index (χ1v) is 14.1. The minimum atomic E-state index is -4.21. The molecule has 0 spiro atoms. The summed E-state index contributed by atoms with van der Waals surface area (Å²) in [7, 11) is -4.21. The van der Waals surface area contributed by atoms with Crippen LogP contribution in [0, 0.1) is 11.8 Å². The lowest BCUT2D eigenvalue weighted by Crippen LogP contribution is -2.53. The summed E-state index contributed by atoms with van der Waals surface area (Å²) in [6.07, 6.45) is 7.73. The first kappa shape index (κ1) is 25.6. The third-order valence-electron chi connectivity index (χ3n) is 6.95. The van der Waals surface area contributed by atoms with Crippen molar-refractivity contribution in [1.82, 2.24) is 14.2 Å². The topological polar surface area (TPSA) is 97.4 Å². The number of sulfonamides is 1. The van der Waals surface area contributed by atoms with E-state index in [1.165, 1.54) is 31.4 Å². The van der Waals surface area contributed by atoms with Crippen LogP contribution in [0.15, 0.2) is 35.4 Å². The molecule has 4 rings (SSSR count). The van der Waals surface area contributed by atoms with Gasteiger partial charge in [0, 0.05) is 30.9 Å². The maximum Gasteiger partial charge on any atom is 0.244 e. The number of nitrogens with one attached hydrogen (secondary N) is 1. The Morgan fingerprint density at radius 3 is 2.44 bits per heavy atom. The van der Waals surface area contributed by atoms with Gasteiger partial charge in [0.15, 0.2) is 0 Å². The fraction of sp³-hybridized carbons (Fsp3) is 0.522. The number of aromatic nitrogens is 1. The number of amides is 1. The number of aryl methyl sites for hydroxylation is 1. The fourth-order valence-electron chi connectivity index (χ4n) is 5.19. The molecular formula is C23H29Cl3N4O3S. The van der Waals surface area contributed by atoms with Gasteiger partial charge in [-0.3, -0.25) is 4.79 Å². The van der Waals surface area contributed by atoms with Gasteiger partial charge in [-0.25, -0.2) is 8.42 Å². The molecule has 2 aliphatic rings. The summed E-state index contributed by atoms with van der Waals surface area (Å²) in [5.74, 6) is 1.43. The van der Waals surface area contributed by atoms with Crippen molar-refractivity contribution in [2.24, 2.45) is 11.8 Å². The van der Waals surface area contributed by atoms with Crippen LogP contribution in [0.1, 0.15) is 38.5 Å². The minimum Gasteiger partial charge on any atom is -0.385 e. The third kappa shape index (κ3) is 5.68. The van der Waals surface area contributed by atoms with Crippen LogP contribution >= 0.6 is 34.8 Å². The lowest BCUT2D eigenvalue weighted by molar-refractivity contribution is -0.136. The average molecular weight is 548 g/mol. The Balaban J connectivity index is 1.57. The summed E-state index contributed by atoms with van der Waals surface area (Å²) in [6, 6.07) is 5.19. The van der Waals surface area contributed by atoms with E-state index >= 15 is 0 Å². The summed E-state index contributed by atoms with van der Waals surface area (Å²) < 4.78 is 31.0. The maximum atomic E-state index is 13.6. The number of carbonyl (C=O) groups excluding carboxylic acids is 1. The smallest absolute Gasteiger partial charge is 0.244 e. The molecule has 2 fully saturated rings. The molecule has 7 nitrogen and oxygen atoms in total. The summed E-state index contributed by atoms with van der Waals surface area (Å²) in [6.45, 7) is 1.67. The number of nitrogens with zero attached hydrogens (tertiary/aromatic N) is 2. The lowest BCUT2D eigenvalue weighted by atomic mass is 9.75. The summed E-state index contributed by atoms with van der Waals surface area (Å²) in [4.78, 5) is 15.1. The Labute approximate surface area is 215 Å². The zero-order chi connectivity index (χ0) is 24.5. The lowest BCUT2D eigenvalue weighted by Gasteiger charge is -2.42. The zero-order valence-corrected chi connectivity index (χ0v) is 21.8. The number of likely N-dealkylation sites (tertiary alicyclic amines) is 1. The molecule has 34 heavy (non-hydrogen) atoms. The van der Waals surface area contributed by atoms with Crippen LogP contribution in [0.3, 0.4) is 0 Å². The highest BCUT2D eigenvalue weighted by Gasteiger charge is 2.37. The molecular weight excluding hydrogens is 519 g/mol. The van der Waals surface area contributed by atoms with Crippen LogP contribution < -0.4 is 10.5 Å². The second-order valence-corrected chi connectivity index (χ2v) is 12.1. The molecule has 1 saturated heterocycles. The number of piperidine rings is 1. The second kappa shape index (κ2) is 10.7. The van der Waals surface area contributed by atoms with Crippen molar-refractivity contribution >= 4 is 56.6 Å². The van der Waals surface area contributed by atoms with E-state index in [4.69, 9.17) is 40.5 Å². The first-order valence-electron chi connectivity index (χ1n) is 11.5. The van der Waals surface area contributed by atoms with Crippen LogP contribution in [-0.2, 0) is 21.4 Å². The average Bonchev–Trinajstić information content (AvgIpc) is 3.19. The van der Waals surface area contributed by atoms with Crippen molar-refractivity contribution in [2.45, 2.75) is 56.0 Å². The molecule has 1 aromatic heterocycles. The predicted molar refractivity (Wildman–Crippen MR) is 136 cm³/mol. The van der Waals surface area contributed by atoms with Crippen LogP contribution in [0.25, 0.3) is 0 Å². The number of benzene rings is 1. The number of nitrogens with two attached hydrogens (primary N) is 1. The molecule has 11 heteroatoms. The normalized spacial score (nSPS) is 21.8. The van der Waals surface area contributed by atoms with Gasteiger partial charge in [0.1, 0.15) is 16.8 Å². The van der Waals surface area contributed by atoms with Crippen LogP contribution in [-0.4, -0.2) is 42.9 Å². The standard InChI is InChI=1S/C23H29Cl3N4O3S/c24-17-12-18(25)22(19(26)13-17)34(32,33)28-20(8-11-29-9-3-6-21(29)27)23(31)30-10-7-15-4-1-2-5-16(15)14-30/h3,6,9,12-13,15-16,20,28H,1-2,4-5,7-8,10-11,14,27H2/t15-,16-,20?/m0/s1. The van der Waals surface area contributed by atoms with E-state index in [0.29, 0.717) is 37.3 Å². The van der Waals surface area contributed by atoms with Crippen LogP contribution in [0.4, 0.5) is 5.82 Å². The monoisotopic (exact) mass is 546 g/mol. The van der Waals surface area contributed by atoms with E-state index in [2.05, 4.69) is 4.72 Å². The van der Waals surface area contributed by atoms with Crippen molar-refractivity contribution in [3.63, 3.8) is 0 Å². The van der Waals surface area contributed by atoms with Crippen molar-refractivity contribution < 1.29 is 13.2 Å². The minimum absolute atomic E-state index is 0.103. The van der Waals surface area contributed by atoms with Gasteiger partial charge in [-0.05, 0) is 55.4 Å². The number of rotatable bonds is 7. The molecule has 2 aromatic rings. The molecule has 1 amide bonds. The van der Waals surface area contributed by atoms with E-state index in [0.717, 1.165) is 12.8 Å². The van der Waals surface area contributed by atoms with Gasteiger partial charge in [0.05, 0.1) is 10.0 Å². The molecule has 1 aliphatic carbocycles. The van der Waals surface area contributed by atoms with Gasteiger partial charge in [-0.1, -0.05) is 54.1 Å². The van der Waals surface area contributed by atoms with E-state index in [1.807, 2.05) is 4.90 Å². The maximum absolute atomic E-state index is 13.6. The van der Waals surface area contributed by atoms with Crippen molar-refractivity contribution in [3.8, 4) is 0 Å². The number of anilines is 1. The Morgan fingerprint density at radius 1 is 1.12 bits per heavy atom. The quantitative estimate of drug-likeness (QED) is 0.520. The van der Waals surface area contributed by atoms with Gasteiger partial charge in [-0.15, -0.1) is 0 Å². The number of carbonyl (C=O) groups is 1. The van der Waals surface area contributed by atoms with E-state index in [1.54, 1.807) is 22.9 Å². The van der Waals surface area contributed by atoms with E-state index < -0.39 is 16.1 Å². The van der Waals surface area contributed by atoms with Gasteiger partial charge in [-0.2, -0.15) is 4.72 Å². The molecule has 0 bridgehead atoms. The molecule has 1 aliphatic heterocycles. The second-order valence-electron chi connectivity index (χ2n) is 9.17. The third-order valence-corrected chi connectivity index (χ3v) is 9.56. The predicted octanol–water partition coefficient (Wildman–Crippen LogP) is 4.81. The number of fused-ring (bicyclic) bond motifs is 1. The van der Waals surface area contributed by atoms with Crippen molar-refractivity contribution in [2.75, 3.05) is 18.8 Å². The first-order chi connectivity index (χ1) is 16.2. The molecule has 186 valence electrons. The van der Waals surface area contributed by atoms with Gasteiger partial charge in [0.25, 0.3) is 0 Å². The fourth-order valence-corrected chi connectivity index (χ4v) is 7.95. The highest BCUT2D eigenvalue weighted by atomic mass is 35.5. The molecule has 1 aromatic carbocycles. The van der Waals surface area contributed by atoms with Crippen LogP contribution in [0.5, 0.6) is 0 Å². The molecule has 3 atom stereocenters. The van der Waals surface area contributed by atoms with E-state index in [-0.39, 0.29) is 32.3 Å².